The van der Waals surface area contributed by atoms with E-state index in [-0.39, 0.29) is 50.1 Å². The van der Waals surface area contributed by atoms with Crippen LogP contribution in [0, 0.1) is 20.2 Å². The van der Waals surface area contributed by atoms with Crippen LogP contribution in [0.1, 0.15) is 111 Å². The molecule has 0 aliphatic rings. The summed E-state index contributed by atoms with van der Waals surface area (Å²) in [6.07, 6.45) is -33.2. The first-order valence-corrected chi connectivity index (χ1v) is 34.9. The Labute approximate surface area is 727 Å². The Morgan fingerprint density at radius 2 is 0.653 bits per heavy atom. The second kappa shape index (κ2) is 45.6. The van der Waals surface area contributed by atoms with Crippen LogP contribution in [0.3, 0.4) is 0 Å². The number of benzene rings is 7. The third-order valence-corrected chi connectivity index (χ3v) is 17.0. The van der Waals surface area contributed by atoms with Crippen molar-refractivity contribution in [2.45, 2.75) is 43.2 Å². The highest BCUT2D eigenvalue weighted by molar-refractivity contribution is 9.11. The molecular weight excluding hydrogens is 2020 g/mol. The number of hydrogen-bond donors (Lipinski definition) is 4. The smallest absolute Gasteiger partial charge is 0.418 e. The molecule has 0 saturated heterocycles. The summed E-state index contributed by atoms with van der Waals surface area (Å²) in [5, 5.41) is 48.2. The SMILES string of the molecule is Br.CN(C)C(=O)c1c(C(F)(F)F)ccc(N)c1O.CN(C)C(=O)c1c(O)c([N+](=O)[O-])cc(Br)c1C(F)(F)F.COc1c([N+](=O)[O-])cc(Br)c(C(F)(F)F)c1C(=O)N(C)C.COc1ccc(Br)c(C(F)(F)F)c1C(=O)N(C)C.COc1cccc(C(F)(F)F)c1C(=O)Cl.COc1cccc(C(F)(F)F)c1C(=O)N(C)C.COc1cccc(C(F)(F)F)c1C(=O)O. The van der Waals surface area contributed by atoms with Crippen molar-refractivity contribution in [2.24, 2.45) is 0 Å². The third kappa shape index (κ3) is 29.6. The molecule has 686 valence electrons. The fraction of sp³-hybridized carbons (Fsp3) is 0.310. The number of phenols is 2. The van der Waals surface area contributed by atoms with Crippen LogP contribution in [0.5, 0.6) is 40.2 Å². The van der Waals surface area contributed by atoms with Crippen molar-refractivity contribution in [3.63, 3.8) is 0 Å². The monoisotopic (exact) mass is 2080 g/mol. The molecule has 27 nitrogen and oxygen atoms in total. The highest BCUT2D eigenvalue weighted by atomic mass is 79.9. The summed E-state index contributed by atoms with van der Waals surface area (Å²) >= 11 is 13.1. The van der Waals surface area contributed by atoms with Gasteiger partial charge in [-0.15, -0.1) is 17.0 Å². The number of methoxy groups -OCH3 is 5. The van der Waals surface area contributed by atoms with E-state index in [1.54, 1.807) is 0 Å². The Hall–Kier alpha value is -11.0. The van der Waals surface area contributed by atoms with Crippen LogP contribution in [0.15, 0.2) is 104 Å². The van der Waals surface area contributed by atoms with Crippen molar-refractivity contribution in [1.82, 2.24) is 24.5 Å². The second-order valence-corrected chi connectivity index (χ2v) is 27.2. The maximum absolute atomic E-state index is 13.2. The van der Waals surface area contributed by atoms with Gasteiger partial charge in [0.15, 0.2) is 5.75 Å². The molecule has 5 amide bonds. The zero-order valence-electron chi connectivity index (χ0n) is 65.6. The van der Waals surface area contributed by atoms with Gasteiger partial charge in [0.25, 0.3) is 34.8 Å². The molecule has 7 rings (SSSR count). The minimum Gasteiger partial charge on any atom is -0.505 e. The highest BCUT2D eigenvalue weighted by Crippen LogP contribution is 2.49. The van der Waals surface area contributed by atoms with Crippen molar-refractivity contribution in [3.8, 4) is 40.2 Å². The van der Waals surface area contributed by atoms with Gasteiger partial charge >= 0.3 is 60.6 Å². The third-order valence-electron chi connectivity index (χ3n) is 14.9. The van der Waals surface area contributed by atoms with Crippen LogP contribution in [-0.4, -0.2) is 196 Å². The van der Waals surface area contributed by atoms with Gasteiger partial charge in [0.2, 0.25) is 11.5 Å². The lowest BCUT2D eigenvalue weighted by molar-refractivity contribution is -0.386. The molecule has 0 aromatic heterocycles. The number of hydrogen-bond acceptors (Lipinski definition) is 19. The lowest BCUT2D eigenvalue weighted by atomic mass is 10.0. The zero-order valence-corrected chi connectivity index (χ0v) is 72.8. The van der Waals surface area contributed by atoms with Gasteiger partial charge in [0.05, 0.1) is 112 Å². The number of nitro benzene ring substituents is 2. The number of ether oxygens (including phenoxy) is 5. The lowest BCUT2D eigenvalue weighted by Gasteiger charge is -2.19. The van der Waals surface area contributed by atoms with Crippen LogP contribution < -0.4 is 29.4 Å². The maximum Gasteiger partial charge on any atom is 0.418 e. The molecule has 0 radical (unpaired) electrons. The van der Waals surface area contributed by atoms with E-state index in [9.17, 15) is 156 Å². The van der Waals surface area contributed by atoms with Crippen molar-refractivity contribution >= 4 is 134 Å². The number of nitrogens with two attached hydrogens (primary N) is 1. The molecule has 0 heterocycles. The number of anilines is 1. The van der Waals surface area contributed by atoms with Gasteiger partial charge in [-0.1, -0.05) is 34.1 Å². The van der Waals surface area contributed by atoms with Crippen molar-refractivity contribution in [1.29, 1.82) is 0 Å². The number of nitrogens with zero attached hydrogens (tertiary/aromatic N) is 7. The molecule has 0 aliphatic heterocycles. The number of carboxylic acids is 1. The highest BCUT2D eigenvalue weighted by Gasteiger charge is 2.47. The molecule has 0 bridgehead atoms. The molecule has 0 aliphatic carbocycles. The number of alkyl halides is 21. The minimum absolute atomic E-state index is 0. The van der Waals surface area contributed by atoms with Gasteiger partial charge in [0.1, 0.15) is 39.7 Å². The molecule has 0 unspecified atom stereocenters. The number of nitro groups is 2. The van der Waals surface area contributed by atoms with Crippen LogP contribution in [0.4, 0.5) is 109 Å². The quantitative estimate of drug-likeness (QED) is 0.0196. The molecule has 124 heavy (non-hydrogen) atoms. The lowest BCUT2D eigenvalue weighted by Crippen LogP contribution is -2.26. The number of halogens is 26. The molecule has 0 atom stereocenters. The Morgan fingerprint density at radius 1 is 0.371 bits per heavy atom. The van der Waals surface area contributed by atoms with E-state index in [0.717, 1.165) is 83.1 Å². The summed E-state index contributed by atoms with van der Waals surface area (Å²) in [6, 6.07) is 14.8. The van der Waals surface area contributed by atoms with Crippen molar-refractivity contribution in [3.05, 3.63) is 203 Å². The first-order chi connectivity index (χ1) is 55.9. The first kappa shape index (κ1) is 113. The van der Waals surface area contributed by atoms with Crippen molar-refractivity contribution in [2.75, 3.05) is 112 Å². The Morgan fingerprint density at radius 3 is 0.976 bits per heavy atom. The Bertz CT molecular complexity index is 4970. The molecule has 53 heteroatoms. The molecule has 0 fully saturated rings. The average Bonchev–Trinajstić information content (AvgIpc) is 0.758. The van der Waals surface area contributed by atoms with E-state index in [0.29, 0.717) is 24.3 Å². The van der Waals surface area contributed by atoms with Crippen molar-refractivity contribution < 1.29 is 175 Å². The number of carboxylic acid groups (broad SMARTS) is 1. The summed E-state index contributed by atoms with van der Waals surface area (Å²) in [6.45, 7) is 0. The van der Waals surface area contributed by atoms with Gasteiger partial charge in [-0.2, -0.15) is 92.2 Å². The Kier molecular flexibility index (Phi) is 41.5. The van der Waals surface area contributed by atoms with E-state index in [2.05, 4.69) is 62.0 Å². The van der Waals surface area contributed by atoms with E-state index < -0.39 is 209 Å². The van der Waals surface area contributed by atoms with E-state index >= 15 is 0 Å². The number of carbonyl (C=O) groups is 7. The normalized spacial score (nSPS) is 11.2. The fourth-order valence-electron chi connectivity index (χ4n) is 9.55. The second-order valence-electron chi connectivity index (χ2n) is 24.3. The number of nitrogen functional groups attached to an aromatic ring is 1. The largest absolute Gasteiger partial charge is 0.505 e. The number of carbonyl (C=O) groups excluding carboxylic acids is 6. The van der Waals surface area contributed by atoms with Crippen LogP contribution >= 0.6 is 76.4 Å². The van der Waals surface area contributed by atoms with E-state index in [1.165, 1.54) is 114 Å². The summed E-state index contributed by atoms with van der Waals surface area (Å²) in [5.74, 6) is -9.96. The summed E-state index contributed by atoms with van der Waals surface area (Å²) in [5.41, 5.74) is -10.4. The average molecular weight is 2090 g/mol. The van der Waals surface area contributed by atoms with Crippen LogP contribution in [0.2, 0.25) is 0 Å². The zero-order chi connectivity index (χ0) is 96.3. The predicted octanol–water partition coefficient (Wildman–Crippen LogP) is 19.2. The number of rotatable bonds is 14. The van der Waals surface area contributed by atoms with Gasteiger partial charge < -0.3 is 69.2 Å². The molecule has 5 N–H and O–H groups in total. The van der Waals surface area contributed by atoms with E-state index in [4.69, 9.17) is 31.9 Å². The molecule has 7 aromatic rings. The molecular formula is C71H66Br4ClF21N8O19. The van der Waals surface area contributed by atoms with Gasteiger partial charge in [0, 0.05) is 96.0 Å². The fourth-order valence-corrected chi connectivity index (χ4v) is 11.6. The van der Waals surface area contributed by atoms with Gasteiger partial charge in [-0.3, -0.25) is 49.0 Å². The number of phenolic OH excluding ortho intramolecular Hbond substituents is 2. The molecule has 0 spiro atoms. The van der Waals surface area contributed by atoms with Gasteiger partial charge in [-0.05, 0) is 104 Å². The predicted molar refractivity (Wildman–Crippen MR) is 415 cm³/mol. The summed E-state index contributed by atoms with van der Waals surface area (Å²) in [4.78, 5) is 105. The number of aromatic carboxylic acids is 1. The maximum atomic E-state index is 13.2. The van der Waals surface area contributed by atoms with Gasteiger partial charge in [-0.25, -0.2) is 4.79 Å². The minimum atomic E-state index is -4.97. The topological polar surface area (TPSA) is 355 Å². The molecule has 7 aromatic carbocycles. The molecule has 0 saturated carbocycles. The van der Waals surface area contributed by atoms with E-state index in [1.807, 2.05) is 0 Å². The number of amides is 5. The summed E-state index contributed by atoms with van der Waals surface area (Å²) in [7, 11) is 18.6. The summed E-state index contributed by atoms with van der Waals surface area (Å²) < 4.78 is 290. The Balaban J connectivity index is 0.00000143. The number of aromatic hydroxyl groups is 2. The van der Waals surface area contributed by atoms with Crippen LogP contribution in [-0.2, 0) is 43.2 Å². The van der Waals surface area contributed by atoms with Crippen LogP contribution in [0.25, 0.3) is 0 Å². The first-order valence-electron chi connectivity index (χ1n) is 32.2. The standard InChI is InChI=1S/C11H10BrF3N2O4.C11H11BrF3NO2.C11H12F3NO2.C10H8BrF3N2O4.C10H11F3N2O2.C9H6ClF3O2.C9H7F3O3.BrH/c1-16(2)10(18)7-8(11(13,14)15)5(12)4-6(17(19)20)9(7)21-3;1-16(2)10(17)8-7(18-3)5-4-6(12)9(8)11(13,14)15;1-15(2)10(16)9-7(11(12,13)14)5-4-6-8(9)17-3;1-15(2)9(18)6-7(10(12,13)14)4(11)3-5(8(6)17)16(19)20;1-15(2)9(17)7-5(10(11,12)13)3-4-6(14)8(7)16;1-15-6-4-2-3-5(9(11,12)13)7(6)8(10)14;1-15-6-4-2-3-5(9(10,11)12)7(6)8(13)14;/h4H,1-3H3;4-5H,1-3H3;4-6H,1-3H3;3,17H,1-2H3;3-4,16H,14H2,1-2H3;2-4H,1H3;2-4H,1H3,(H,13,14);1H.